The number of allylic oxidation sites excluding steroid dienone is 20. The van der Waals surface area contributed by atoms with Crippen LogP contribution in [0.2, 0.25) is 0 Å². The molecule has 1 atom stereocenters. The molecule has 0 unspecified atom stereocenters. The third kappa shape index (κ3) is 56.6. The standard InChI is InChI=1S/C65H106O6/c1-4-7-10-13-16-19-22-25-28-31-32-35-37-40-43-46-49-52-55-58-64(67)70-61-62(71-65(68)59-56-53-50-47-44-41-38-34-30-27-24-21-18-15-12-9-6-3)60-69-63(66)57-54-51-48-45-42-39-36-33-29-26-23-20-17-14-11-8-5-2/h16-21,25-30,32,35,38,40-41,43,47,50,62H,4-15,22-24,31,33-34,36-37,39,42,44-46,48-49,51-61H2,1-3H3/b19-16-,20-17-,21-18-,28-25-,29-26-,30-27-,35-32-,41-38-,43-40-,50-47-/t62-/m0/s1. The molecule has 0 spiro atoms. The summed E-state index contributed by atoms with van der Waals surface area (Å²) in [6.07, 6.45) is 80.4. The maximum Gasteiger partial charge on any atom is 0.306 e. The molecule has 0 aliphatic carbocycles. The molecule has 0 radical (unpaired) electrons. The molecule has 0 fully saturated rings. The van der Waals surface area contributed by atoms with Gasteiger partial charge in [0.25, 0.3) is 0 Å². The van der Waals surface area contributed by atoms with Crippen LogP contribution >= 0.6 is 0 Å². The van der Waals surface area contributed by atoms with Crippen LogP contribution in [0.5, 0.6) is 0 Å². The Morgan fingerprint density at radius 2 is 0.521 bits per heavy atom. The number of ether oxygens (including phenoxy) is 3. The van der Waals surface area contributed by atoms with Crippen molar-refractivity contribution >= 4 is 17.9 Å². The molecule has 0 saturated heterocycles. The Hall–Kier alpha value is -4.19. The predicted octanol–water partition coefficient (Wildman–Crippen LogP) is 19.6. The fraction of sp³-hybridized carbons (Fsp3) is 0.646. The molecule has 71 heavy (non-hydrogen) atoms. The van der Waals surface area contributed by atoms with Crippen LogP contribution in [0.1, 0.15) is 252 Å². The van der Waals surface area contributed by atoms with Gasteiger partial charge in [0.1, 0.15) is 13.2 Å². The van der Waals surface area contributed by atoms with Gasteiger partial charge in [0.05, 0.1) is 0 Å². The van der Waals surface area contributed by atoms with Gasteiger partial charge in [0, 0.05) is 19.3 Å². The lowest BCUT2D eigenvalue weighted by molar-refractivity contribution is -0.167. The number of carbonyl (C=O) groups is 3. The van der Waals surface area contributed by atoms with Crippen LogP contribution < -0.4 is 0 Å². The van der Waals surface area contributed by atoms with Gasteiger partial charge >= 0.3 is 17.9 Å². The summed E-state index contributed by atoms with van der Waals surface area (Å²) in [5.74, 6) is -1.01. The van der Waals surface area contributed by atoms with Gasteiger partial charge in [-0.1, -0.05) is 219 Å². The highest BCUT2D eigenvalue weighted by atomic mass is 16.6. The van der Waals surface area contributed by atoms with Gasteiger partial charge in [0.15, 0.2) is 6.10 Å². The zero-order chi connectivity index (χ0) is 51.4. The molecule has 0 aliphatic rings. The SMILES string of the molecule is CCCCC/C=C\C/C=C\C/C=C\C/C=C\CCCCCC(=O)OC[C@H](COC(=O)CCCCCCCCC/C=C\C/C=C\CCCCC)OC(=O)CCC/C=C\C/C=C\C/C=C\C/C=C\CCCCC. The molecule has 0 aliphatic heterocycles. The van der Waals surface area contributed by atoms with Crippen LogP contribution in [-0.2, 0) is 28.6 Å². The minimum absolute atomic E-state index is 0.117. The van der Waals surface area contributed by atoms with E-state index < -0.39 is 6.10 Å². The molecule has 6 heteroatoms. The molecule has 0 rings (SSSR count). The van der Waals surface area contributed by atoms with E-state index in [1.54, 1.807) is 0 Å². The minimum Gasteiger partial charge on any atom is -0.462 e. The molecule has 0 saturated carbocycles. The van der Waals surface area contributed by atoms with E-state index in [-0.39, 0.29) is 37.5 Å². The highest BCUT2D eigenvalue weighted by molar-refractivity contribution is 5.71. The zero-order valence-electron chi connectivity index (χ0n) is 45.9. The second kappa shape index (κ2) is 58.4. The van der Waals surface area contributed by atoms with Crippen molar-refractivity contribution in [3.8, 4) is 0 Å². The number of esters is 3. The molecular weight excluding hydrogens is 877 g/mol. The Morgan fingerprint density at radius 1 is 0.282 bits per heavy atom. The van der Waals surface area contributed by atoms with Crippen LogP contribution in [0.3, 0.4) is 0 Å². The summed E-state index contributed by atoms with van der Waals surface area (Å²) >= 11 is 0. The molecule has 0 amide bonds. The summed E-state index contributed by atoms with van der Waals surface area (Å²) in [6, 6.07) is 0. The summed E-state index contributed by atoms with van der Waals surface area (Å²) < 4.78 is 16.8. The van der Waals surface area contributed by atoms with Crippen molar-refractivity contribution in [3.05, 3.63) is 122 Å². The van der Waals surface area contributed by atoms with E-state index in [0.717, 1.165) is 103 Å². The van der Waals surface area contributed by atoms with Crippen LogP contribution in [0.25, 0.3) is 0 Å². The second-order valence-electron chi connectivity index (χ2n) is 18.8. The summed E-state index contributed by atoms with van der Waals surface area (Å²) in [4.78, 5) is 38.2. The van der Waals surface area contributed by atoms with Gasteiger partial charge in [-0.25, -0.2) is 0 Å². The predicted molar refractivity (Wildman–Crippen MR) is 306 cm³/mol. The topological polar surface area (TPSA) is 78.9 Å². The van der Waals surface area contributed by atoms with Crippen molar-refractivity contribution in [2.24, 2.45) is 0 Å². The fourth-order valence-electron chi connectivity index (χ4n) is 7.51. The lowest BCUT2D eigenvalue weighted by atomic mass is 10.1. The van der Waals surface area contributed by atoms with E-state index in [1.165, 1.54) is 103 Å². The van der Waals surface area contributed by atoms with Crippen LogP contribution in [0.15, 0.2) is 122 Å². The van der Waals surface area contributed by atoms with E-state index in [0.29, 0.717) is 19.3 Å². The smallest absolute Gasteiger partial charge is 0.306 e. The first-order valence-electron chi connectivity index (χ1n) is 29.0. The highest BCUT2D eigenvalue weighted by Crippen LogP contribution is 2.13. The number of unbranched alkanes of at least 4 members (excludes halogenated alkanes) is 20. The Balaban J connectivity index is 4.56. The number of rotatable bonds is 51. The molecule has 0 aromatic heterocycles. The first kappa shape index (κ1) is 66.8. The summed E-state index contributed by atoms with van der Waals surface area (Å²) in [5.41, 5.74) is 0. The lowest BCUT2D eigenvalue weighted by Crippen LogP contribution is -2.30. The quantitative estimate of drug-likeness (QED) is 0.0261. The monoisotopic (exact) mass is 983 g/mol. The van der Waals surface area contributed by atoms with E-state index in [2.05, 4.69) is 142 Å². The third-order valence-corrected chi connectivity index (χ3v) is 11.9. The van der Waals surface area contributed by atoms with Gasteiger partial charge in [0.2, 0.25) is 0 Å². The van der Waals surface area contributed by atoms with Crippen molar-refractivity contribution in [3.63, 3.8) is 0 Å². The lowest BCUT2D eigenvalue weighted by Gasteiger charge is -2.18. The maximum absolute atomic E-state index is 12.8. The summed E-state index contributed by atoms with van der Waals surface area (Å²) in [5, 5.41) is 0. The first-order chi connectivity index (χ1) is 35.0. The Kier molecular flexibility index (Phi) is 54.9. The van der Waals surface area contributed by atoms with Crippen molar-refractivity contribution in [1.29, 1.82) is 0 Å². The van der Waals surface area contributed by atoms with Gasteiger partial charge in [-0.15, -0.1) is 0 Å². The third-order valence-electron chi connectivity index (χ3n) is 11.9. The Bertz CT molecular complexity index is 1500. The molecule has 0 aromatic carbocycles. The normalized spacial score (nSPS) is 13.0. The van der Waals surface area contributed by atoms with Crippen molar-refractivity contribution < 1.29 is 28.6 Å². The molecule has 0 heterocycles. The number of hydrogen-bond donors (Lipinski definition) is 0. The fourth-order valence-corrected chi connectivity index (χ4v) is 7.51. The van der Waals surface area contributed by atoms with Gasteiger partial charge in [-0.3, -0.25) is 14.4 Å². The molecule has 0 bridgehead atoms. The molecule has 0 N–H and O–H groups in total. The molecule has 6 nitrogen and oxygen atoms in total. The summed E-state index contributed by atoms with van der Waals surface area (Å²) in [7, 11) is 0. The van der Waals surface area contributed by atoms with Crippen LogP contribution in [-0.4, -0.2) is 37.2 Å². The summed E-state index contributed by atoms with van der Waals surface area (Å²) in [6.45, 7) is 6.47. The van der Waals surface area contributed by atoms with Gasteiger partial charge < -0.3 is 14.2 Å². The van der Waals surface area contributed by atoms with E-state index in [9.17, 15) is 14.4 Å². The van der Waals surface area contributed by atoms with Crippen LogP contribution in [0.4, 0.5) is 0 Å². The second-order valence-corrected chi connectivity index (χ2v) is 18.8. The van der Waals surface area contributed by atoms with E-state index in [1.807, 2.05) is 0 Å². The minimum atomic E-state index is -0.828. The van der Waals surface area contributed by atoms with E-state index >= 15 is 0 Å². The molecule has 402 valence electrons. The average Bonchev–Trinajstić information content (AvgIpc) is 3.37. The number of carbonyl (C=O) groups excluding carboxylic acids is 3. The van der Waals surface area contributed by atoms with Crippen molar-refractivity contribution in [2.75, 3.05) is 13.2 Å². The molecular formula is C65H106O6. The van der Waals surface area contributed by atoms with Crippen molar-refractivity contribution in [2.45, 2.75) is 258 Å². The average molecular weight is 984 g/mol. The maximum atomic E-state index is 12.8. The molecule has 0 aromatic rings. The van der Waals surface area contributed by atoms with Gasteiger partial charge in [-0.2, -0.15) is 0 Å². The highest BCUT2D eigenvalue weighted by Gasteiger charge is 2.19. The first-order valence-corrected chi connectivity index (χ1v) is 29.0. The van der Waals surface area contributed by atoms with Gasteiger partial charge in [-0.05, 0) is 135 Å². The Labute approximate surface area is 437 Å². The largest absolute Gasteiger partial charge is 0.462 e. The van der Waals surface area contributed by atoms with Crippen LogP contribution in [0, 0.1) is 0 Å². The zero-order valence-corrected chi connectivity index (χ0v) is 45.9. The van der Waals surface area contributed by atoms with Crippen molar-refractivity contribution in [1.82, 2.24) is 0 Å². The van der Waals surface area contributed by atoms with E-state index in [4.69, 9.17) is 14.2 Å². The number of hydrogen-bond acceptors (Lipinski definition) is 6. The Morgan fingerprint density at radius 3 is 0.845 bits per heavy atom.